The number of carbonyl (C=O) groups excluding carboxylic acids is 1. The molecule has 1 aliphatic rings. The SMILES string of the molecule is O=C(NC1CCC(NCc2cccnc2)CC1)c1cc(-c2cc(F)cc(F)c2)c[nH]c1=O. The molecular weight excluding hydrogens is 414 g/mol. The molecular formula is C24H24F2N4O2. The van der Waals surface area contributed by atoms with Gasteiger partial charge in [0.15, 0.2) is 0 Å². The van der Waals surface area contributed by atoms with Crippen LogP contribution in [0.25, 0.3) is 11.1 Å². The standard InChI is InChI=1S/C24H24F2N4O2/c25-18-8-16(9-19(26)11-18)17-10-22(23(31)29-14-17)24(32)30-21-5-3-20(4-6-21)28-13-15-2-1-7-27-12-15/h1-2,7-12,14,20-21,28H,3-6,13H2,(H,29,31)(H,30,32). The molecule has 0 atom stereocenters. The van der Waals surface area contributed by atoms with E-state index in [2.05, 4.69) is 20.6 Å². The number of nitrogens with zero attached hydrogens (tertiary/aromatic N) is 1. The summed E-state index contributed by atoms with van der Waals surface area (Å²) in [6.07, 6.45) is 8.32. The van der Waals surface area contributed by atoms with Crippen LogP contribution in [0.3, 0.4) is 0 Å². The van der Waals surface area contributed by atoms with E-state index in [-0.39, 0.29) is 17.2 Å². The van der Waals surface area contributed by atoms with Crippen LogP contribution in [0.15, 0.2) is 59.8 Å². The third kappa shape index (κ3) is 5.45. The number of carbonyl (C=O) groups is 1. The largest absolute Gasteiger partial charge is 0.349 e. The van der Waals surface area contributed by atoms with Crippen molar-refractivity contribution in [1.29, 1.82) is 0 Å². The van der Waals surface area contributed by atoms with Crippen LogP contribution in [0.2, 0.25) is 0 Å². The summed E-state index contributed by atoms with van der Waals surface area (Å²) in [5.41, 5.74) is 1.10. The van der Waals surface area contributed by atoms with Crippen molar-refractivity contribution in [3.8, 4) is 11.1 Å². The third-order valence-electron chi connectivity index (χ3n) is 5.72. The summed E-state index contributed by atoms with van der Waals surface area (Å²) >= 11 is 0. The number of H-pyrrole nitrogens is 1. The van der Waals surface area contributed by atoms with Gasteiger partial charge < -0.3 is 15.6 Å². The van der Waals surface area contributed by atoms with Gasteiger partial charge in [-0.2, -0.15) is 0 Å². The average Bonchev–Trinajstić information content (AvgIpc) is 2.79. The highest BCUT2D eigenvalue weighted by atomic mass is 19.1. The van der Waals surface area contributed by atoms with Crippen molar-refractivity contribution in [2.24, 2.45) is 0 Å². The van der Waals surface area contributed by atoms with Crippen molar-refractivity contribution in [2.45, 2.75) is 44.3 Å². The number of amides is 1. The minimum absolute atomic E-state index is 0.0337. The van der Waals surface area contributed by atoms with Crippen molar-refractivity contribution in [1.82, 2.24) is 20.6 Å². The monoisotopic (exact) mass is 438 g/mol. The molecule has 0 aliphatic heterocycles. The molecule has 0 unspecified atom stereocenters. The fourth-order valence-corrected chi connectivity index (χ4v) is 4.01. The second-order valence-electron chi connectivity index (χ2n) is 8.05. The van der Waals surface area contributed by atoms with Gasteiger partial charge in [-0.3, -0.25) is 14.6 Å². The molecule has 6 nitrogen and oxygen atoms in total. The lowest BCUT2D eigenvalue weighted by Gasteiger charge is -2.29. The minimum atomic E-state index is -0.730. The van der Waals surface area contributed by atoms with Gasteiger partial charge in [-0.25, -0.2) is 8.78 Å². The Morgan fingerprint density at radius 3 is 2.44 bits per heavy atom. The van der Waals surface area contributed by atoms with Gasteiger partial charge in [0.25, 0.3) is 11.5 Å². The van der Waals surface area contributed by atoms with E-state index in [1.54, 1.807) is 6.20 Å². The van der Waals surface area contributed by atoms with Crippen LogP contribution in [-0.4, -0.2) is 28.0 Å². The predicted molar refractivity (Wildman–Crippen MR) is 117 cm³/mol. The van der Waals surface area contributed by atoms with Crippen molar-refractivity contribution in [3.05, 3.63) is 88.1 Å². The Hall–Kier alpha value is -3.39. The quantitative estimate of drug-likeness (QED) is 0.549. The highest BCUT2D eigenvalue weighted by Crippen LogP contribution is 2.22. The summed E-state index contributed by atoms with van der Waals surface area (Å²) in [7, 11) is 0. The van der Waals surface area contributed by atoms with Gasteiger partial charge in [-0.1, -0.05) is 6.07 Å². The molecule has 3 aromatic rings. The molecule has 32 heavy (non-hydrogen) atoms. The molecule has 1 fully saturated rings. The lowest BCUT2D eigenvalue weighted by Crippen LogP contribution is -2.43. The molecule has 0 bridgehead atoms. The summed E-state index contributed by atoms with van der Waals surface area (Å²) in [5.74, 6) is -1.95. The van der Waals surface area contributed by atoms with Crippen LogP contribution in [0, 0.1) is 11.6 Å². The van der Waals surface area contributed by atoms with Gasteiger partial charge in [0.1, 0.15) is 17.2 Å². The zero-order valence-electron chi connectivity index (χ0n) is 17.4. The van der Waals surface area contributed by atoms with Crippen molar-refractivity contribution >= 4 is 5.91 Å². The fraction of sp³-hybridized carbons (Fsp3) is 0.292. The summed E-state index contributed by atoms with van der Waals surface area (Å²) in [6.45, 7) is 0.748. The van der Waals surface area contributed by atoms with Crippen LogP contribution < -0.4 is 16.2 Å². The Balaban J connectivity index is 1.35. The van der Waals surface area contributed by atoms with Gasteiger partial charge in [0.2, 0.25) is 0 Å². The van der Waals surface area contributed by atoms with Crippen LogP contribution in [-0.2, 0) is 6.54 Å². The second kappa shape index (κ2) is 9.82. The predicted octanol–water partition coefficient (Wildman–Crippen LogP) is 3.55. The zero-order valence-corrected chi connectivity index (χ0v) is 17.4. The fourth-order valence-electron chi connectivity index (χ4n) is 4.01. The molecule has 1 aliphatic carbocycles. The van der Waals surface area contributed by atoms with Crippen LogP contribution in [0.4, 0.5) is 8.78 Å². The number of nitrogens with one attached hydrogen (secondary N) is 3. The topological polar surface area (TPSA) is 86.9 Å². The lowest BCUT2D eigenvalue weighted by atomic mass is 9.91. The van der Waals surface area contributed by atoms with Crippen molar-refractivity contribution in [3.63, 3.8) is 0 Å². The van der Waals surface area contributed by atoms with E-state index in [4.69, 9.17) is 0 Å². The molecule has 1 saturated carbocycles. The molecule has 2 heterocycles. The van der Waals surface area contributed by atoms with Gasteiger partial charge in [-0.05, 0) is 66.6 Å². The number of aromatic nitrogens is 2. The summed E-state index contributed by atoms with van der Waals surface area (Å²) < 4.78 is 27.1. The first kappa shape index (κ1) is 21.8. The first-order chi connectivity index (χ1) is 15.5. The summed E-state index contributed by atoms with van der Waals surface area (Å²) in [5, 5.41) is 6.45. The third-order valence-corrected chi connectivity index (χ3v) is 5.72. The van der Waals surface area contributed by atoms with E-state index in [9.17, 15) is 18.4 Å². The van der Waals surface area contributed by atoms with Gasteiger partial charge in [0.05, 0.1) is 0 Å². The lowest BCUT2D eigenvalue weighted by molar-refractivity contribution is 0.0922. The molecule has 1 amide bonds. The van der Waals surface area contributed by atoms with Gasteiger partial charge >= 0.3 is 0 Å². The number of aromatic amines is 1. The van der Waals surface area contributed by atoms with Gasteiger partial charge in [-0.15, -0.1) is 0 Å². The molecule has 3 N–H and O–H groups in total. The Morgan fingerprint density at radius 1 is 1.03 bits per heavy atom. The number of rotatable bonds is 6. The number of halogens is 2. The maximum absolute atomic E-state index is 13.5. The first-order valence-electron chi connectivity index (χ1n) is 10.6. The molecule has 1 aromatic carbocycles. The second-order valence-corrected chi connectivity index (χ2v) is 8.05. The molecule has 0 spiro atoms. The Morgan fingerprint density at radius 2 is 1.75 bits per heavy atom. The number of hydrogen-bond acceptors (Lipinski definition) is 4. The maximum atomic E-state index is 13.5. The zero-order chi connectivity index (χ0) is 22.5. The van der Waals surface area contributed by atoms with E-state index in [0.717, 1.165) is 56.0 Å². The highest BCUT2D eigenvalue weighted by molar-refractivity contribution is 5.95. The average molecular weight is 438 g/mol. The van der Waals surface area contributed by atoms with E-state index in [1.165, 1.54) is 12.3 Å². The Bertz CT molecular complexity index is 1120. The van der Waals surface area contributed by atoms with E-state index in [1.807, 2.05) is 18.3 Å². The van der Waals surface area contributed by atoms with Crippen LogP contribution >= 0.6 is 0 Å². The highest BCUT2D eigenvalue weighted by Gasteiger charge is 2.23. The van der Waals surface area contributed by atoms with E-state index < -0.39 is 23.1 Å². The number of pyridine rings is 2. The minimum Gasteiger partial charge on any atom is -0.349 e. The van der Waals surface area contributed by atoms with E-state index in [0.29, 0.717) is 11.6 Å². The molecule has 2 aromatic heterocycles. The summed E-state index contributed by atoms with van der Waals surface area (Å²) in [4.78, 5) is 31.6. The molecule has 0 saturated heterocycles. The molecule has 0 radical (unpaired) electrons. The molecule has 8 heteroatoms. The number of benzene rings is 1. The normalized spacial score (nSPS) is 18.3. The van der Waals surface area contributed by atoms with Crippen LogP contribution in [0.1, 0.15) is 41.6 Å². The summed E-state index contributed by atoms with van der Waals surface area (Å²) in [6, 6.07) is 8.69. The smallest absolute Gasteiger partial charge is 0.260 e. The van der Waals surface area contributed by atoms with Crippen molar-refractivity contribution < 1.29 is 13.6 Å². The molecule has 166 valence electrons. The Kier molecular flexibility index (Phi) is 6.70. The van der Waals surface area contributed by atoms with E-state index >= 15 is 0 Å². The number of hydrogen-bond donors (Lipinski definition) is 3. The van der Waals surface area contributed by atoms with Crippen molar-refractivity contribution in [2.75, 3.05) is 0 Å². The Labute approximate surface area is 184 Å². The molecule has 4 rings (SSSR count). The van der Waals surface area contributed by atoms with Gasteiger partial charge in [0, 0.05) is 43.3 Å². The maximum Gasteiger partial charge on any atom is 0.260 e. The first-order valence-corrected chi connectivity index (χ1v) is 10.6. The van der Waals surface area contributed by atoms with Crippen LogP contribution in [0.5, 0.6) is 0 Å².